The van der Waals surface area contributed by atoms with Crippen LogP contribution in [0.5, 0.6) is 0 Å². The summed E-state index contributed by atoms with van der Waals surface area (Å²) in [6, 6.07) is 0. The van der Waals surface area contributed by atoms with Gasteiger partial charge in [0.2, 0.25) is 0 Å². The molecule has 0 aromatic rings. The predicted molar refractivity (Wildman–Crippen MR) is 361 cm³/mol. The lowest BCUT2D eigenvalue weighted by molar-refractivity contribution is -0.167. The van der Waals surface area contributed by atoms with Crippen LogP contribution in [0.1, 0.15) is 278 Å². The summed E-state index contributed by atoms with van der Waals surface area (Å²) in [6.45, 7) is 6.35. The van der Waals surface area contributed by atoms with Crippen molar-refractivity contribution in [3.05, 3.63) is 170 Å². The highest BCUT2D eigenvalue weighted by Crippen LogP contribution is 2.14. The summed E-state index contributed by atoms with van der Waals surface area (Å²) in [5.41, 5.74) is 0. The molecule has 0 saturated carbocycles. The van der Waals surface area contributed by atoms with Crippen LogP contribution in [0, 0.1) is 0 Å². The average Bonchev–Trinajstić information content (AvgIpc) is 3.49. The van der Waals surface area contributed by atoms with Gasteiger partial charge in [0.15, 0.2) is 6.10 Å². The number of ether oxygens (including phenoxy) is 3. The molecular formula is C77H122O6. The quantitative estimate of drug-likeness (QED) is 0.0261. The van der Waals surface area contributed by atoms with Gasteiger partial charge in [-0.25, -0.2) is 0 Å². The summed E-state index contributed by atoms with van der Waals surface area (Å²) in [4.78, 5) is 38.4. The fourth-order valence-electron chi connectivity index (χ4n) is 8.71. The van der Waals surface area contributed by atoms with Gasteiger partial charge in [-0.2, -0.15) is 0 Å². The molecular weight excluding hydrogens is 1020 g/mol. The maximum absolute atomic E-state index is 12.9. The summed E-state index contributed by atoms with van der Waals surface area (Å²) in [6.07, 6.45) is 102. The molecule has 1 atom stereocenters. The molecule has 0 saturated heterocycles. The van der Waals surface area contributed by atoms with Crippen molar-refractivity contribution in [3.8, 4) is 0 Å². The molecule has 0 N–H and O–H groups in total. The summed E-state index contributed by atoms with van der Waals surface area (Å²) < 4.78 is 16.9. The molecule has 1 unspecified atom stereocenters. The molecule has 0 aromatic heterocycles. The molecule has 0 amide bonds. The van der Waals surface area contributed by atoms with Crippen molar-refractivity contribution in [3.63, 3.8) is 0 Å². The van der Waals surface area contributed by atoms with Crippen molar-refractivity contribution in [1.82, 2.24) is 0 Å². The highest BCUT2D eigenvalue weighted by Gasteiger charge is 2.19. The first-order valence-corrected chi connectivity index (χ1v) is 33.6. The van der Waals surface area contributed by atoms with Crippen LogP contribution in [0.2, 0.25) is 0 Å². The summed E-state index contributed by atoms with van der Waals surface area (Å²) in [5, 5.41) is 0. The molecule has 0 bridgehead atoms. The Kier molecular flexibility index (Phi) is 64.9. The zero-order valence-corrected chi connectivity index (χ0v) is 53.4. The molecule has 6 nitrogen and oxygen atoms in total. The Morgan fingerprint density at radius 1 is 0.253 bits per heavy atom. The van der Waals surface area contributed by atoms with Gasteiger partial charge in [-0.15, -0.1) is 0 Å². The van der Waals surface area contributed by atoms with E-state index in [0.29, 0.717) is 19.3 Å². The van der Waals surface area contributed by atoms with Crippen LogP contribution in [0.15, 0.2) is 170 Å². The van der Waals surface area contributed by atoms with E-state index in [1.165, 1.54) is 70.6 Å². The normalized spacial score (nSPS) is 13.2. The zero-order valence-electron chi connectivity index (χ0n) is 53.4. The fraction of sp³-hybridized carbons (Fsp3) is 0.597. The number of hydrogen-bond acceptors (Lipinski definition) is 6. The molecule has 0 radical (unpaired) electrons. The molecule has 0 fully saturated rings. The minimum Gasteiger partial charge on any atom is -0.462 e. The maximum atomic E-state index is 12.9. The van der Waals surface area contributed by atoms with Gasteiger partial charge in [0, 0.05) is 19.3 Å². The maximum Gasteiger partial charge on any atom is 0.306 e. The molecule has 0 rings (SSSR count). The van der Waals surface area contributed by atoms with Crippen molar-refractivity contribution >= 4 is 17.9 Å². The second-order valence-corrected chi connectivity index (χ2v) is 21.6. The zero-order chi connectivity index (χ0) is 59.9. The minimum atomic E-state index is -0.816. The largest absolute Gasteiger partial charge is 0.462 e. The molecule has 0 aliphatic rings. The monoisotopic (exact) mass is 1140 g/mol. The Balaban J connectivity index is 4.44. The van der Waals surface area contributed by atoms with Crippen LogP contribution in [-0.4, -0.2) is 37.2 Å². The molecule has 0 aliphatic carbocycles. The third-order valence-electron chi connectivity index (χ3n) is 13.7. The molecule has 6 heteroatoms. The Bertz CT molecular complexity index is 1890. The van der Waals surface area contributed by atoms with Crippen LogP contribution in [-0.2, 0) is 28.6 Å². The number of unbranched alkanes of at least 4 members (excludes halogenated alkanes) is 20. The van der Waals surface area contributed by atoms with E-state index in [0.717, 1.165) is 167 Å². The third-order valence-corrected chi connectivity index (χ3v) is 13.7. The van der Waals surface area contributed by atoms with Gasteiger partial charge in [0.25, 0.3) is 0 Å². The average molecular weight is 1140 g/mol. The van der Waals surface area contributed by atoms with Crippen molar-refractivity contribution in [2.24, 2.45) is 0 Å². The number of hydrogen-bond donors (Lipinski definition) is 0. The van der Waals surface area contributed by atoms with Crippen LogP contribution < -0.4 is 0 Å². The lowest BCUT2D eigenvalue weighted by Crippen LogP contribution is -2.30. The Morgan fingerprint density at radius 3 is 0.747 bits per heavy atom. The minimum absolute atomic E-state index is 0.112. The van der Waals surface area contributed by atoms with Gasteiger partial charge >= 0.3 is 17.9 Å². The lowest BCUT2D eigenvalue weighted by atomic mass is 10.1. The van der Waals surface area contributed by atoms with Gasteiger partial charge in [0.05, 0.1) is 0 Å². The Hall–Kier alpha value is -5.23. The molecule has 0 aliphatic heterocycles. The lowest BCUT2D eigenvalue weighted by Gasteiger charge is -2.18. The Morgan fingerprint density at radius 2 is 0.470 bits per heavy atom. The highest BCUT2D eigenvalue weighted by molar-refractivity contribution is 5.71. The number of esters is 3. The number of carbonyl (C=O) groups excluding carboxylic acids is 3. The van der Waals surface area contributed by atoms with E-state index < -0.39 is 6.10 Å². The van der Waals surface area contributed by atoms with Crippen LogP contribution in [0.4, 0.5) is 0 Å². The van der Waals surface area contributed by atoms with Crippen molar-refractivity contribution in [2.75, 3.05) is 13.2 Å². The molecule has 466 valence electrons. The number of allylic oxidation sites excluding steroid dienone is 28. The first-order chi connectivity index (χ1) is 41.0. The third kappa shape index (κ3) is 67.4. The van der Waals surface area contributed by atoms with E-state index >= 15 is 0 Å². The standard InChI is InChI=1S/C77H122O6/c1-4-7-10-13-16-19-22-25-27-29-31-33-35-36-37-38-39-40-42-43-45-47-49-52-55-58-61-64-67-70-76(79)82-73-74(72-81-75(78)69-66-63-60-57-54-51-24-21-18-15-12-9-6-3)83-77(80)71-68-65-62-59-56-53-50-48-46-44-41-34-32-30-28-26-23-20-17-14-11-8-5-2/h7,9-10,12,16,18-19,21,23,25-27,30-33,36-37,39-41,43-45,49,51-52,54,74H,4-6,8,11,13-15,17,20,22,24,28-29,34-35,38,42,46-48,50,53,55-73H2,1-3H3/b10-7-,12-9-,19-16-,21-18-,26-23-,27-25-,32-30-,33-31-,37-36-,40-39-,44-41-,45-43-,52-49-,54-51-. The van der Waals surface area contributed by atoms with Crippen LogP contribution >= 0.6 is 0 Å². The van der Waals surface area contributed by atoms with Gasteiger partial charge in [-0.3, -0.25) is 14.4 Å². The fourth-order valence-corrected chi connectivity index (χ4v) is 8.71. The summed E-state index contributed by atoms with van der Waals surface area (Å²) in [7, 11) is 0. The van der Waals surface area contributed by atoms with Crippen molar-refractivity contribution < 1.29 is 28.6 Å². The van der Waals surface area contributed by atoms with Crippen LogP contribution in [0.3, 0.4) is 0 Å². The van der Waals surface area contributed by atoms with Gasteiger partial charge in [0.1, 0.15) is 13.2 Å². The molecule has 83 heavy (non-hydrogen) atoms. The Labute approximate surface area is 511 Å². The highest BCUT2D eigenvalue weighted by atomic mass is 16.6. The van der Waals surface area contributed by atoms with Gasteiger partial charge in [-0.05, 0) is 154 Å². The summed E-state index contributed by atoms with van der Waals surface area (Å²) in [5.74, 6) is -0.974. The van der Waals surface area contributed by atoms with E-state index in [-0.39, 0.29) is 31.1 Å². The second kappa shape index (κ2) is 69.3. The van der Waals surface area contributed by atoms with E-state index in [1.54, 1.807) is 0 Å². The second-order valence-electron chi connectivity index (χ2n) is 21.6. The van der Waals surface area contributed by atoms with E-state index in [1.807, 2.05) is 0 Å². The first kappa shape index (κ1) is 77.8. The van der Waals surface area contributed by atoms with E-state index in [4.69, 9.17) is 14.2 Å². The van der Waals surface area contributed by atoms with E-state index in [9.17, 15) is 14.4 Å². The van der Waals surface area contributed by atoms with Crippen molar-refractivity contribution in [2.45, 2.75) is 284 Å². The molecule has 0 heterocycles. The number of carbonyl (C=O) groups is 3. The number of rotatable bonds is 59. The SMILES string of the molecule is CC/C=C\C/C=C\C/C=C\C/C=C\C/C=C\C/C=C\C/C=C\C/C=C\CCCCCCC(=O)OCC(COC(=O)CCCCC/C=C\C/C=C\C/C=C\CC)OC(=O)CCCCCCCCCC/C=C\C/C=C\C/C=C\CCCCCCC. The topological polar surface area (TPSA) is 78.9 Å². The predicted octanol–water partition coefficient (Wildman–Crippen LogP) is 23.4. The first-order valence-electron chi connectivity index (χ1n) is 33.6. The van der Waals surface area contributed by atoms with Gasteiger partial charge in [-0.1, -0.05) is 274 Å². The summed E-state index contributed by atoms with van der Waals surface area (Å²) >= 11 is 0. The van der Waals surface area contributed by atoms with Gasteiger partial charge < -0.3 is 14.2 Å². The van der Waals surface area contributed by atoms with E-state index in [2.05, 4.69) is 191 Å². The van der Waals surface area contributed by atoms with Crippen LogP contribution in [0.25, 0.3) is 0 Å². The molecule has 0 aromatic carbocycles. The molecule has 0 spiro atoms. The van der Waals surface area contributed by atoms with Crippen molar-refractivity contribution in [1.29, 1.82) is 0 Å². The smallest absolute Gasteiger partial charge is 0.306 e.